The van der Waals surface area contributed by atoms with Crippen molar-refractivity contribution in [1.82, 2.24) is 0 Å². The third-order valence-corrected chi connectivity index (χ3v) is 0. The Kier molecular flexibility index (Phi) is 21.6. The summed E-state index contributed by atoms with van der Waals surface area (Å²) in [4.78, 5) is 0. The van der Waals surface area contributed by atoms with E-state index in [1.807, 2.05) is 0 Å². The normalized spacial score (nSPS) is 4.50. The average molecular weight is 103 g/mol. The van der Waals surface area contributed by atoms with E-state index in [1.165, 1.54) is 0 Å². The van der Waals surface area contributed by atoms with Crippen LogP contribution in [0.1, 0.15) is 0 Å². The van der Waals surface area contributed by atoms with Crippen molar-refractivity contribution in [3.63, 3.8) is 0 Å². The quantitative estimate of drug-likeness (QED) is 0.426. The standard InChI is InChI=1S/C2H6N.Co/c1-3-2;/h1-2H3;/q-1;. The Labute approximate surface area is 37.0 Å². The van der Waals surface area contributed by atoms with E-state index in [4.69, 9.17) is 0 Å². The summed E-state index contributed by atoms with van der Waals surface area (Å²) in [5.74, 6) is 0. The van der Waals surface area contributed by atoms with Gasteiger partial charge in [0.2, 0.25) is 0 Å². The molecule has 0 spiro atoms. The van der Waals surface area contributed by atoms with Crippen LogP contribution < -0.4 is 0 Å². The van der Waals surface area contributed by atoms with Gasteiger partial charge in [-0.25, -0.2) is 0 Å². The van der Waals surface area contributed by atoms with Crippen LogP contribution in [-0.4, -0.2) is 14.1 Å². The van der Waals surface area contributed by atoms with E-state index < -0.39 is 0 Å². The second-order valence-electron chi connectivity index (χ2n) is 0.447. The third kappa shape index (κ3) is 24.4. The molecule has 0 aromatic heterocycles. The maximum absolute atomic E-state index is 3.50. The van der Waals surface area contributed by atoms with E-state index >= 15 is 0 Å². The van der Waals surface area contributed by atoms with Crippen molar-refractivity contribution in [1.29, 1.82) is 0 Å². The molecule has 0 aliphatic heterocycles. The number of nitrogens with zero attached hydrogens (tertiary/aromatic N) is 1. The topological polar surface area (TPSA) is 14.1 Å². The van der Waals surface area contributed by atoms with E-state index in [0.29, 0.717) is 0 Å². The van der Waals surface area contributed by atoms with E-state index in [2.05, 4.69) is 5.32 Å². The molecule has 4 heavy (non-hydrogen) atoms. The molecule has 29 valence electrons. The van der Waals surface area contributed by atoms with E-state index in [1.54, 1.807) is 14.1 Å². The van der Waals surface area contributed by atoms with Crippen LogP contribution in [0.5, 0.6) is 0 Å². The summed E-state index contributed by atoms with van der Waals surface area (Å²) >= 11 is 0. The minimum atomic E-state index is 0. The summed E-state index contributed by atoms with van der Waals surface area (Å²) in [6.45, 7) is 0. The molecule has 2 heteroatoms. The van der Waals surface area contributed by atoms with Crippen LogP contribution in [0.25, 0.3) is 5.32 Å². The Balaban J connectivity index is 0. The van der Waals surface area contributed by atoms with Gasteiger partial charge in [0.25, 0.3) is 0 Å². The van der Waals surface area contributed by atoms with Crippen LogP contribution in [0.15, 0.2) is 0 Å². The van der Waals surface area contributed by atoms with Crippen molar-refractivity contribution in [2.24, 2.45) is 0 Å². The van der Waals surface area contributed by atoms with Crippen molar-refractivity contribution in [2.45, 2.75) is 0 Å². The van der Waals surface area contributed by atoms with Crippen LogP contribution in [0, 0.1) is 0 Å². The van der Waals surface area contributed by atoms with Gasteiger partial charge in [0.1, 0.15) is 0 Å². The van der Waals surface area contributed by atoms with Gasteiger partial charge < -0.3 is 5.32 Å². The fraction of sp³-hybridized carbons (Fsp3) is 1.00. The molecule has 0 unspecified atom stereocenters. The first-order valence-corrected chi connectivity index (χ1v) is 0.894. The molecule has 0 fully saturated rings. The van der Waals surface area contributed by atoms with Gasteiger partial charge in [0.15, 0.2) is 0 Å². The van der Waals surface area contributed by atoms with Gasteiger partial charge >= 0.3 is 0 Å². The van der Waals surface area contributed by atoms with E-state index in [9.17, 15) is 0 Å². The second kappa shape index (κ2) is 9.81. The summed E-state index contributed by atoms with van der Waals surface area (Å²) in [5, 5.41) is 3.50. The van der Waals surface area contributed by atoms with Crippen molar-refractivity contribution in [3.05, 3.63) is 5.32 Å². The van der Waals surface area contributed by atoms with Crippen LogP contribution in [-0.2, 0) is 16.8 Å². The molecule has 0 aliphatic rings. The fourth-order valence-corrected chi connectivity index (χ4v) is 0. The first-order chi connectivity index (χ1) is 1.41. The Morgan fingerprint density at radius 2 is 1.25 bits per heavy atom. The Morgan fingerprint density at radius 1 is 1.25 bits per heavy atom. The molecular formula is C2H6CoN-. The van der Waals surface area contributed by atoms with Crippen LogP contribution in [0.3, 0.4) is 0 Å². The van der Waals surface area contributed by atoms with Gasteiger partial charge in [0, 0.05) is 16.8 Å². The first-order valence-electron chi connectivity index (χ1n) is 0.894. The summed E-state index contributed by atoms with van der Waals surface area (Å²) in [6, 6.07) is 0. The summed E-state index contributed by atoms with van der Waals surface area (Å²) in [5.41, 5.74) is 0. The molecule has 0 atom stereocenters. The van der Waals surface area contributed by atoms with Crippen LogP contribution >= 0.6 is 0 Å². The maximum Gasteiger partial charge on any atom is 0 e. The largest absolute Gasteiger partial charge is 0.668 e. The Hall–Kier alpha value is 0.466. The van der Waals surface area contributed by atoms with Crippen molar-refractivity contribution >= 4 is 0 Å². The van der Waals surface area contributed by atoms with E-state index in [-0.39, 0.29) is 16.8 Å². The molecule has 0 aliphatic carbocycles. The molecule has 1 nitrogen and oxygen atoms in total. The monoisotopic (exact) mass is 103 g/mol. The minimum Gasteiger partial charge on any atom is -0.668 e. The van der Waals surface area contributed by atoms with Crippen molar-refractivity contribution < 1.29 is 16.8 Å². The zero-order valence-corrected chi connectivity index (χ0v) is 3.82. The van der Waals surface area contributed by atoms with Gasteiger partial charge in [0.05, 0.1) is 0 Å². The molecule has 0 aromatic carbocycles. The summed E-state index contributed by atoms with van der Waals surface area (Å²) in [6.07, 6.45) is 0. The second-order valence-corrected chi connectivity index (χ2v) is 0.447. The number of hydrogen-bond donors (Lipinski definition) is 0. The predicted octanol–water partition coefficient (Wildman–Crippen LogP) is 0.617. The average Bonchev–Trinajstić information content (AvgIpc) is 0.918. The third-order valence-electron chi connectivity index (χ3n) is 0. The minimum absolute atomic E-state index is 0. The molecule has 0 saturated heterocycles. The molecule has 0 amide bonds. The fourth-order valence-electron chi connectivity index (χ4n) is 0. The molecular weight excluding hydrogens is 97.0 g/mol. The number of rotatable bonds is 0. The first kappa shape index (κ1) is 8.82. The zero-order chi connectivity index (χ0) is 2.71. The molecule has 0 N–H and O–H groups in total. The predicted molar refractivity (Wildman–Crippen MR) is 15.2 cm³/mol. The van der Waals surface area contributed by atoms with Gasteiger partial charge in [-0.3, -0.25) is 0 Å². The molecule has 0 bridgehead atoms. The van der Waals surface area contributed by atoms with Crippen LogP contribution in [0.4, 0.5) is 0 Å². The van der Waals surface area contributed by atoms with Crippen molar-refractivity contribution in [3.8, 4) is 0 Å². The molecule has 1 radical (unpaired) electrons. The summed E-state index contributed by atoms with van der Waals surface area (Å²) in [7, 11) is 3.50. The van der Waals surface area contributed by atoms with Gasteiger partial charge in [-0.15, -0.1) is 0 Å². The van der Waals surface area contributed by atoms with E-state index in [0.717, 1.165) is 0 Å². The maximum atomic E-state index is 3.50. The SMILES string of the molecule is C[N-]C.[Co]. The smallest absolute Gasteiger partial charge is 0 e. The van der Waals surface area contributed by atoms with Gasteiger partial charge in [-0.1, -0.05) is 0 Å². The summed E-state index contributed by atoms with van der Waals surface area (Å²) < 4.78 is 0. The zero-order valence-electron chi connectivity index (χ0n) is 2.78. The molecule has 0 heterocycles. The van der Waals surface area contributed by atoms with Gasteiger partial charge in [-0.2, -0.15) is 14.1 Å². The number of hydrogen-bond acceptors (Lipinski definition) is 0. The Bertz CT molecular complexity index is 6.00. The molecule has 0 aromatic rings. The molecule has 0 rings (SSSR count). The molecule has 0 saturated carbocycles. The van der Waals surface area contributed by atoms with Crippen molar-refractivity contribution in [2.75, 3.05) is 14.1 Å². The Morgan fingerprint density at radius 3 is 1.25 bits per heavy atom. The van der Waals surface area contributed by atoms with Gasteiger partial charge in [-0.05, 0) is 0 Å². The van der Waals surface area contributed by atoms with Crippen LogP contribution in [0.2, 0.25) is 0 Å².